The third-order valence-electron chi connectivity index (χ3n) is 3.67. The van der Waals surface area contributed by atoms with E-state index in [4.69, 9.17) is 5.26 Å². The van der Waals surface area contributed by atoms with E-state index < -0.39 is 0 Å². The molecule has 2 rings (SSSR count). The first-order valence-electron chi connectivity index (χ1n) is 7.70. The van der Waals surface area contributed by atoms with Gasteiger partial charge < -0.3 is 9.80 Å². The third-order valence-corrected chi connectivity index (χ3v) is 3.67. The quantitative estimate of drug-likeness (QED) is 0.850. The number of para-hydroxylation sites is 1. The zero-order valence-electron chi connectivity index (χ0n) is 13.8. The van der Waals surface area contributed by atoms with Crippen molar-refractivity contribution in [3.05, 3.63) is 60.2 Å². The van der Waals surface area contributed by atoms with Crippen LogP contribution < -0.4 is 9.80 Å². The van der Waals surface area contributed by atoms with Gasteiger partial charge in [0, 0.05) is 24.8 Å². The maximum atomic E-state index is 12.7. The summed E-state index contributed by atoms with van der Waals surface area (Å²) in [7, 11) is 0. The van der Waals surface area contributed by atoms with Gasteiger partial charge >= 0.3 is 0 Å². The van der Waals surface area contributed by atoms with Crippen LogP contribution in [-0.4, -0.2) is 24.9 Å². The highest BCUT2D eigenvalue weighted by Gasteiger charge is 2.20. The zero-order chi connectivity index (χ0) is 17.5. The first kappa shape index (κ1) is 17.2. The number of likely N-dealkylation sites (N-methyl/N-ethyl adjacent to an activating group) is 1. The Morgan fingerprint density at radius 1 is 0.958 bits per heavy atom. The zero-order valence-corrected chi connectivity index (χ0v) is 13.8. The Balaban J connectivity index is 2.21. The summed E-state index contributed by atoms with van der Waals surface area (Å²) in [5.41, 5.74) is 1.90. The van der Waals surface area contributed by atoms with Gasteiger partial charge in [0.15, 0.2) is 0 Å². The average molecular weight is 321 g/mol. The van der Waals surface area contributed by atoms with E-state index in [1.54, 1.807) is 29.2 Å². The van der Waals surface area contributed by atoms with Crippen LogP contribution in [0, 0.1) is 11.3 Å². The van der Waals surface area contributed by atoms with Gasteiger partial charge in [0.25, 0.3) is 0 Å². The third kappa shape index (κ3) is 3.99. The number of nitrogens with zero attached hydrogens (tertiary/aromatic N) is 3. The predicted molar refractivity (Wildman–Crippen MR) is 93.7 cm³/mol. The number of benzene rings is 2. The van der Waals surface area contributed by atoms with Crippen molar-refractivity contribution in [1.29, 1.82) is 5.26 Å². The molecular formula is C19H19N3O2. The Morgan fingerprint density at radius 2 is 1.54 bits per heavy atom. The monoisotopic (exact) mass is 321 g/mol. The molecule has 0 bridgehead atoms. The lowest BCUT2D eigenvalue weighted by atomic mass is 10.2. The van der Waals surface area contributed by atoms with Gasteiger partial charge in [0.1, 0.15) is 6.54 Å². The highest BCUT2D eigenvalue weighted by molar-refractivity contribution is 6.02. The Labute approximate surface area is 141 Å². The Kier molecular flexibility index (Phi) is 5.69. The summed E-state index contributed by atoms with van der Waals surface area (Å²) < 4.78 is 0. The Morgan fingerprint density at radius 3 is 2.04 bits per heavy atom. The summed E-state index contributed by atoms with van der Waals surface area (Å²) in [5.74, 6) is -0.388. The van der Waals surface area contributed by atoms with Crippen LogP contribution in [0.5, 0.6) is 0 Å². The highest BCUT2D eigenvalue weighted by Crippen LogP contribution is 2.18. The minimum atomic E-state index is -0.225. The van der Waals surface area contributed by atoms with Gasteiger partial charge in [0.05, 0.1) is 11.6 Å². The van der Waals surface area contributed by atoms with Crippen LogP contribution in [0.2, 0.25) is 0 Å². The molecule has 0 radical (unpaired) electrons. The number of hydrogen-bond acceptors (Lipinski definition) is 3. The van der Waals surface area contributed by atoms with E-state index in [9.17, 15) is 9.59 Å². The molecule has 0 N–H and O–H groups in total. The number of hydrogen-bond donors (Lipinski definition) is 0. The smallest absolute Gasteiger partial charge is 0.247 e. The van der Waals surface area contributed by atoms with Crippen LogP contribution in [0.4, 0.5) is 11.4 Å². The molecule has 5 heteroatoms. The molecule has 0 aliphatic carbocycles. The number of nitriles is 1. The molecular weight excluding hydrogens is 302 g/mol. The van der Waals surface area contributed by atoms with E-state index in [0.717, 1.165) is 5.69 Å². The molecule has 122 valence electrons. The van der Waals surface area contributed by atoms with Gasteiger partial charge in [-0.2, -0.15) is 5.26 Å². The summed E-state index contributed by atoms with van der Waals surface area (Å²) in [6.07, 6.45) is 0. The van der Waals surface area contributed by atoms with Gasteiger partial charge in [-0.1, -0.05) is 18.2 Å². The van der Waals surface area contributed by atoms with Crippen molar-refractivity contribution in [1.82, 2.24) is 0 Å². The summed E-state index contributed by atoms with van der Waals surface area (Å²) in [6, 6.07) is 18.0. The van der Waals surface area contributed by atoms with Crippen LogP contribution >= 0.6 is 0 Å². The molecule has 0 saturated carbocycles. The molecule has 0 aliphatic rings. The maximum Gasteiger partial charge on any atom is 0.247 e. The number of amides is 2. The second-order valence-electron chi connectivity index (χ2n) is 5.24. The van der Waals surface area contributed by atoms with Gasteiger partial charge in [-0.15, -0.1) is 0 Å². The molecule has 0 saturated heterocycles. The van der Waals surface area contributed by atoms with E-state index in [1.807, 2.05) is 43.3 Å². The Bertz CT molecular complexity index is 748. The molecule has 24 heavy (non-hydrogen) atoms. The lowest BCUT2D eigenvalue weighted by Gasteiger charge is -2.26. The van der Waals surface area contributed by atoms with Crippen LogP contribution in [0.15, 0.2) is 54.6 Å². The van der Waals surface area contributed by atoms with Crippen LogP contribution in [0.25, 0.3) is 0 Å². The Hall–Kier alpha value is -3.13. The highest BCUT2D eigenvalue weighted by atomic mass is 16.2. The molecule has 5 nitrogen and oxygen atoms in total. The molecule has 0 aromatic heterocycles. The van der Waals surface area contributed by atoms with Crippen molar-refractivity contribution in [3.63, 3.8) is 0 Å². The van der Waals surface area contributed by atoms with Crippen molar-refractivity contribution >= 4 is 23.2 Å². The van der Waals surface area contributed by atoms with E-state index in [-0.39, 0.29) is 18.4 Å². The molecule has 0 fully saturated rings. The minimum absolute atomic E-state index is 0.0516. The van der Waals surface area contributed by atoms with Crippen LogP contribution in [0.1, 0.15) is 19.4 Å². The second-order valence-corrected chi connectivity index (χ2v) is 5.24. The van der Waals surface area contributed by atoms with E-state index in [1.165, 1.54) is 11.8 Å². The van der Waals surface area contributed by atoms with E-state index >= 15 is 0 Å². The fourth-order valence-corrected chi connectivity index (χ4v) is 2.43. The first-order valence-corrected chi connectivity index (χ1v) is 7.70. The van der Waals surface area contributed by atoms with E-state index in [0.29, 0.717) is 17.8 Å². The fraction of sp³-hybridized carbons (Fsp3) is 0.211. The van der Waals surface area contributed by atoms with Crippen molar-refractivity contribution in [2.24, 2.45) is 0 Å². The predicted octanol–water partition coefficient (Wildman–Crippen LogP) is 2.96. The molecule has 0 atom stereocenters. The van der Waals surface area contributed by atoms with Crippen LogP contribution in [-0.2, 0) is 9.59 Å². The number of carbonyl (C=O) groups excluding carboxylic acids is 2. The van der Waals surface area contributed by atoms with Crippen molar-refractivity contribution in [2.75, 3.05) is 22.9 Å². The summed E-state index contributed by atoms with van der Waals surface area (Å²) in [6.45, 7) is 3.78. The van der Waals surface area contributed by atoms with E-state index in [2.05, 4.69) is 0 Å². The lowest BCUT2D eigenvalue weighted by Crippen LogP contribution is -2.42. The van der Waals surface area contributed by atoms with Gasteiger partial charge in [-0.25, -0.2) is 0 Å². The molecule has 0 spiro atoms. The second kappa shape index (κ2) is 7.93. The normalized spacial score (nSPS) is 9.88. The van der Waals surface area contributed by atoms with Gasteiger partial charge in [0.2, 0.25) is 11.8 Å². The molecule has 0 heterocycles. The summed E-state index contributed by atoms with van der Waals surface area (Å²) in [5, 5.41) is 8.86. The maximum absolute atomic E-state index is 12.7. The molecule has 2 aromatic carbocycles. The SMILES string of the molecule is CCN(C(=O)CN(C(C)=O)c1ccc(C#N)cc1)c1ccccc1. The van der Waals surface area contributed by atoms with Crippen molar-refractivity contribution in [2.45, 2.75) is 13.8 Å². The standard InChI is InChI=1S/C19H19N3O2/c1-3-21(17-7-5-4-6-8-17)19(24)14-22(15(2)23)18-11-9-16(13-20)10-12-18/h4-12H,3,14H2,1-2H3. The van der Waals surface area contributed by atoms with Crippen LogP contribution in [0.3, 0.4) is 0 Å². The summed E-state index contributed by atoms with van der Waals surface area (Å²) >= 11 is 0. The van der Waals surface area contributed by atoms with Gasteiger partial charge in [-0.3, -0.25) is 9.59 Å². The largest absolute Gasteiger partial charge is 0.311 e. The molecule has 0 unspecified atom stereocenters. The lowest BCUT2D eigenvalue weighted by molar-refractivity contribution is -0.121. The average Bonchev–Trinajstić information content (AvgIpc) is 2.61. The van der Waals surface area contributed by atoms with Crippen molar-refractivity contribution in [3.8, 4) is 6.07 Å². The topological polar surface area (TPSA) is 64.4 Å². The number of carbonyl (C=O) groups is 2. The molecule has 2 amide bonds. The first-order chi connectivity index (χ1) is 11.6. The van der Waals surface area contributed by atoms with Crippen molar-refractivity contribution < 1.29 is 9.59 Å². The fourth-order valence-electron chi connectivity index (χ4n) is 2.43. The minimum Gasteiger partial charge on any atom is -0.311 e. The number of anilines is 2. The summed E-state index contributed by atoms with van der Waals surface area (Å²) in [4.78, 5) is 27.7. The molecule has 0 aliphatic heterocycles. The molecule has 2 aromatic rings. The van der Waals surface area contributed by atoms with Gasteiger partial charge in [-0.05, 0) is 43.3 Å². The number of rotatable bonds is 5.